The minimum Gasteiger partial charge on any atom is -0.356 e. The number of aromatic nitrogens is 3. The number of anilines is 1. The summed E-state index contributed by atoms with van der Waals surface area (Å²) in [6, 6.07) is 4.54. The Kier molecular flexibility index (Phi) is 2.70. The van der Waals surface area contributed by atoms with Crippen LogP contribution in [-0.4, -0.2) is 33.7 Å². The summed E-state index contributed by atoms with van der Waals surface area (Å²) in [7, 11) is 0. The lowest BCUT2D eigenvalue weighted by atomic mass is 9.95. The molecule has 2 N–H and O–H groups in total. The van der Waals surface area contributed by atoms with Gasteiger partial charge in [-0.25, -0.2) is 4.98 Å². The van der Waals surface area contributed by atoms with E-state index in [4.69, 9.17) is 5.73 Å². The summed E-state index contributed by atoms with van der Waals surface area (Å²) < 4.78 is 1.91. The lowest BCUT2D eigenvalue weighted by molar-refractivity contribution is 0.380. The quantitative estimate of drug-likeness (QED) is 0.820. The van der Waals surface area contributed by atoms with E-state index in [9.17, 15) is 0 Å². The molecule has 1 saturated heterocycles. The third-order valence-corrected chi connectivity index (χ3v) is 3.80. The van der Waals surface area contributed by atoms with E-state index in [1.165, 1.54) is 5.56 Å². The lowest BCUT2D eigenvalue weighted by Gasteiger charge is -2.36. The fourth-order valence-electron chi connectivity index (χ4n) is 2.63. The van der Waals surface area contributed by atoms with E-state index in [1.54, 1.807) is 6.33 Å². The van der Waals surface area contributed by atoms with Crippen LogP contribution in [0.2, 0.25) is 0 Å². The summed E-state index contributed by atoms with van der Waals surface area (Å²) in [5, 5.41) is 4.31. The van der Waals surface area contributed by atoms with E-state index in [0.29, 0.717) is 12.0 Å². The minimum atomic E-state index is 0.317. The SMILES string of the molecule is Cc1cc(N2CCC(N)C(C)C2)n2ncnc2c1. The largest absolute Gasteiger partial charge is 0.356 e. The molecule has 0 radical (unpaired) electrons. The smallest absolute Gasteiger partial charge is 0.157 e. The summed E-state index contributed by atoms with van der Waals surface area (Å²) in [5.41, 5.74) is 8.21. The van der Waals surface area contributed by atoms with Crippen molar-refractivity contribution in [3.8, 4) is 0 Å². The molecule has 2 unspecified atom stereocenters. The zero-order chi connectivity index (χ0) is 12.7. The summed E-state index contributed by atoms with van der Waals surface area (Å²) in [5.74, 6) is 1.64. The van der Waals surface area contributed by atoms with Crippen LogP contribution in [0.25, 0.3) is 5.65 Å². The molecule has 0 saturated carbocycles. The van der Waals surface area contributed by atoms with Gasteiger partial charge in [-0.05, 0) is 37.0 Å². The Labute approximate surface area is 107 Å². The van der Waals surface area contributed by atoms with Crippen LogP contribution in [-0.2, 0) is 0 Å². The second-order valence-electron chi connectivity index (χ2n) is 5.30. The van der Waals surface area contributed by atoms with Crippen molar-refractivity contribution in [2.24, 2.45) is 11.7 Å². The van der Waals surface area contributed by atoms with Crippen LogP contribution in [0.3, 0.4) is 0 Å². The Morgan fingerprint density at radius 3 is 3.00 bits per heavy atom. The van der Waals surface area contributed by atoms with Gasteiger partial charge in [0.15, 0.2) is 5.65 Å². The van der Waals surface area contributed by atoms with E-state index in [0.717, 1.165) is 31.0 Å². The van der Waals surface area contributed by atoms with Crippen molar-refractivity contribution in [2.75, 3.05) is 18.0 Å². The maximum absolute atomic E-state index is 6.08. The minimum absolute atomic E-state index is 0.317. The Morgan fingerprint density at radius 1 is 1.39 bits per heavy atom. The highest BCUT2D eigenvalue weighted by Crippen LogP contribution is 2.23. The van der Waals surface area contributed by atoms with Crippen LogP contribution >= 0.6 is 0 Å². The highest BCUT2D eigenvalue weighted by atomic mass is 15.4. The molecule has 0 amide bonds. The van der Waals surface area contributed by atoms with Crippen LogP contribution in [0.5, 0.6) is 0 Å². The third kappa shape index (κ3) is 1.84. The summed E-state index contributed by atoms with van der Waals surface area (Å²) in [4.78, 5) is 6.63. The molecule has 0 aromatic carbocycles. The third-order valence-electron chi connectivity index (χ3n) is 3.80. The number of nitrogens with zero attached hydrogens (tertiary/aromatic N) is 4. The fraction of sp³-hybridized carbons (Fsp3) is 0.538. The van der Waals surface area contributed by atoms with E-state index in [-0.39, 0.29) is 0 Å². The fourth-order valence-corrected chi connectivity index (χ4v) is 2.63. The molecule has 2 atom stereocenters. The number of rotatable bonds is 1. The standard InChI is InChI=1S/C13H19N5/c1-9-5-12-15-8-16-18(12)13(6-9)17-4-3-11(14)10(2)7-17/h5-6,8,10-11H,3-4,7,14H2,1-2H3. The second-order valence-corrected chi connectivity index (χ2v) is 5.30. The van der Waals surface area contributed by atoms with Crippen molar-refractivity contribution >= 4 is 11.5 Å². The molecule has 3 heterocycles. The van der Waals surface area contributed by atoms with E-state index in [2.05, 4.69) is 41.0 Å². The van der Waals surface area contributed by atoms with Gasteiger partial charge in [-0.15, -0.1) is 0 Å². The Hall–Kier alpha value is -1.62. The number of piperidine rings is 1. The first-order valence-corrected chi connectivity index (χ1v) is 6.46. The summed E-state index contributed by atoms with van der Waals surface area (Å²) in [6.45, 7) is 6.28. The van der Waals surface area contributed by atoms with Gasteiger partial charge in [-0.3, -0.25) is 0 Å². The van der Waals surface area contributed by atoms with Gasteiger partial charge in [0.25, 0.3) is 0 Å². The van der Waals surface area contributed by atoms with Gasteiger partial charge in [0.05, 0.1) is 0 Å². The average molecular weight is 245 g/mol. The predicted molar refractivity (Wildman–Crippen MR) is 71.7 cm³/mol. The molecule has 5 heteroatoms. The van der Waals surface area contributed by atoms with Gasteiger partial charge in [0.2, 0.25) is 0 Å². The predicted octanol–water partition coefficient (Wildman–Crippen LogP) is 1.21. The van der Waals surface area contributed by atoms with Crippen molar-refractivity contribution in [1.29, 1.82) is 0 Å². The number of aryl methyl sites for hydroxylation is 1. The highest BCUT2D eigenvalue weighted by Gasteiger charge is 2.24. The molecule has 96 valence electrons. The Balaban J connectivity index is 2.01. The summed E-state index contributed by atoms with van der Waals surface area (Å²) in [6.07, 6.45) is 2.64. The van der Waals surface area contributed by atoms with Gasteiger partial charge < -0.3 is 10.6 Å². The molecule has 1 aliphatic heterocycles. The maximum atomic E-state index is 6.08. The van der Waals surface area contributed by atoms with Crippen molar-refractivity contribution in [3.05, 3.63) is 24.0 Å². The molecule has 0 aliphatic carbocycles. The number of nitrogens with two attached hydrogens (primary N) is 1. The zero-order valence-electron chi connectivity index (χ0n) is 10.9. The normalized spacial score (nSPS) is 24.7. The van der Waals surface area contributed by atoms with Crippen molar-refractivity contribution < 1.29 is 0 Å². The van der Waals surface area contributed by atoms with Gasteiger partial charge in [-0.2, -0.15) is 9.61 Å². The molecule has 2 aromatic heterocycles. The molecule has 1 aliphatic rings. The van der Waals surface area contributed by atoms with Gasteiger partial charge in [0.1, 0.15) is 12.1 Å². The van der Waals surface area contributed by atoms with Crippen molar-refractivity contribution in [2.45, 2.75) is 26.3 Å². The molecule has 5 nitrogen and oxygen atoms in total. The molecule has 1 fully saturated rings. The van der Waals surface area contributed by atoms with Crippen LogP contribution in [0.1, 0.15) is 18.9 Å². The Morgan fingerprint density at radius 2 is 2.22 bits per heavy atom. The first-order valence-electron chi connectivity index (χ1n) is 6.46. The first-order chi connectivity index (χ1) is 8.65. The van der Waals surface area contributed by atoms with Crippen LogP contribution in [0, 0.1) is 12.8 Å². The number of pyridine rings is 1. The topological polar surface area (TPSA) is 59.5 Å². The molecule has 3 rings (SSSR count). The van der Waals surface area contributed by atoms with Crippen LogP contribution in [0.4, 0.5) is 5.82 Å². The lowest BCUT2D eigenvalue weighted by Crippen LogP contribution is -2.46. The van der Waals surface area contributed by atoms with Crippen LogP contribution < -0.4 is 10.6 Å². The van der Waals surface area contributed by atoms with Crippen molar-refractivity contribution in [3.63, 3.8) is 0 Å². The first kappa shape index (κ1) is 11.5. The van der Waals surface area contributed by atoms with Crippen molar-refractivity contribution in [1.82, 2.24) is 14.6 Å². The molecular weight excluding hydrogens is 226 g/mol. The number of hydrogen-bond donors (Lipinski definition) is 1. The second kappa shape index (κ2) is 4.24. The average Bonchev–Trinajstić information content (AvgIpc) is 2.79. The van der Waals surface area contributed by atoms with E-state index in [1.807, 2.05) is 4.52 Å². The van der Waals surface area contributed by atoms with Gasteiger partial charge in [-0.1, -0.05) is 6.92 Å². The summed E-state index contributed by atoms with van der Waals surface area (Å²) >= 11 is 0. The molecule has 0 bridgehead atoms. The highest BCUT2D eigenvalue weighted by molar-refractivity contribution is 5.53. The molecule has 2 aromatic rings. The monoisotopic (exact) mass is 245 g/mol. The molecule has 0 spiro atoms. The molecule has 18 heavy (non-hydrogen) atoms. The molecular formula is C13H19N5. The van der Waals surface area contributed by atoms with Crippen LogP contribution in [0.15, 0.2) is 18.5 Å². The van der Waals surface area contributed by atoms with Gasteiger partial charge >= 0.3 is 0 Å². The van der Waals surface area contributed by atoms with E-state index >= 15 is 0 Å². The maximum Gasteiger partial charge on any atom is 0.157 e. The zero-order valence-corrected chi connectivity index (χ0v) is 10.9. The van der Waals surface area contributed by atoms with E-state index < -0.39 is 0 Å². The number of fused-ring (bicyclic) bond motifs is 1. The van der Waals surface area contributed by atoms with Gasteiger partial charge in [0, 0.05) is 19.1 Å². The number of hydrogen-bond acceptors (Lipinski definition) is 4. The Bertz CT molecular complexity index is 562.